The zero-order valence-electron chi connectivity index (χ0n) is 20.1. The van der Waals surface area contributed by atoms with Crippen LogP contribution in [0, 0.1) is 18.7 Å². The average Bonchev–Trinajstić information content (AvgIpc) is 2.81. The molecule has 0 saturated carbocycles. The van der Waals surface area contributed by atoms with E-state index < -0.39 is 6.04 Å². The van der Waals surface area contributed by atoms with E-state index in [1.54, 1.807) is 17.0 Å². The van der Waals surface area contributed by atoms with Crippen LogP contribution in [-0.2, 0) is 29.0 Å². The number of carbonyl (C=O) groups excluding carboxylic acids is 2. The molecule has 0 unspecified atom stereocenters. The molecule has 3 aromatic rings. The molecule has 1 atom stereocenters. The molecule has 0 heterocycles. The highest BCUT2D eigenvalue weighted by Gasteiger charge is 2.30. The SMILES string of the molecule is Cc1cccc(CC(=O)N(Cc2ccc(F)cc2)[C@@H](Cc2ccccc2)C(=O)NCC(C)C)c1. The molecule has 0 radical (unpaired) electrons. The van der Waals surface area contributed by atoms with E-state index in [4.69, 9.17) is 0 Å². The third kappa shape index (κ3) is 7.55. The van der Waals surface area contributed by atoms with E-state index in [-0.39, 0.29) is 36.5 Å². The van der Waals surface area contributed by atoms with Gasteiger partial charge >= 0.3 is 0 Å². The van der Waals surface area contributed by atoms with E-state index in [9.17, 15) is 14.0 Å². The summed E-state index contributed by atoms with van der Waals surface area (Å²) < 4.78 is 13.5. The predicted molar refractivity (Wildman–Crippen MR) is 134 cm³/mol. The number of aryl methyl sites for hydroxylation is 1. The molecule has 0 saturated heterocycles. The van der Waals surface area contributed by atoms with Crippen molar-refractivity contribution in [3.8, 4) is 0 Å². The Morgan fingerprint density at radius 2 is 1.56 bits per heavy atom. The zero-order chi connectivity index (χ0) is 24.5. The zero-order valence-corrected chi connectivity index (χ0v) is 20.1. The van der Waals surface area contributed by atoms with Gasteiger partial charge in [0.1, 0.15) is 11.9 Å². The molecule has 0 aliphatic heterocycles. The summed E-state index contributed by atoms with van der Waals surface area (Å²) in [5.41, 5.74) is 3.72. The monoisotopic (exact) mass is 460 g/mol. The van der Waals surface area contributed by atoms with E-state index in [0.29, 0.717) is 13.0 Å². The van der Waals surface area contributed by atoms with Gasteiger partial charge in [0.15, 0.2) is 0 Å². The normalized spacial score (nSPS) is 11.8. The number of hydrogen-bond acceptors (Lipinski definition) is 2. The molecule has 0 aromatic heterocycles. The number of hydrogen-bond donors (Lipinski definition) is 1. The number of rotatable bonds is 10. The maximum absolute atomic E-state index is 13.6. The van der Waals surface area contributed by atoms with E-state index in [2.05, 4.69) is 5.32 Å². The minimum absolute atomic E-state index is 0.143. The maximum Gasteiger partial charge on any atom is 0.243 e. The Hall–Kier alpha value is -3.47. The molecule has 2 amide bonds. The van der Waals surface area contributed by atoms with Gasteiger partial charge in [-0.2, -0.15) is 0 Å². The third-order valence-corrected chi connectivity index (χ3v) is 5.66. The minimum Gasteiger partial charge on any atom is -0.354 e. The van der Waals surface area contributed by atoms with E-state index >= 15 is 0 Å². The Morgan fingerprint density at radius 3 is 2.21 bits per heavy atom. The lowest BCUT2D eigenvalue weighted by molar-refractivity contribution is -0.140. The van der Waals surface area contributed by atoms with E-state index in [0.717, 1.165) is 22.3 Å². The molecular formula is C29H33FN2O2. The van der Waals surface area contributed by atoms with Gasteiger partial charge in [0, 0.05) is 19.5 Å². The van der Waals surface area contributed by atoms with Crippen LogP contribution in [0.3, 0.4) is 0 Å². The number of amides is 2. The Kier molecular flexibility index (Phi) is 8.97. The van der Waals surface area contributed by atoms with Crippen LogP contribution in [0.15, 0.2) is 78.9 Å². The van der Waals surface area contributed by atoms with Gasteiger partial charge in [0.2, 0.25) is 11.8 Å². The van der Waals surface area contributed by atoms with Crippen LogP contribution in [0.2, 0.25) is 0 Å². The van der Waals surface area contributed by atoms with Gasteiger partial charge in [-0.05, 0) is 41.7 Å². The van der Waals surface area contributed by atoms with Crippen LogP contribution < -0.4 is 5.32 Å². The molecule has 0 aliphatic carbocycles. The van der Waals surface area contributed by atoms with Crippen molar-refractivity contribution in [1.82, 2.24) is 10.2 Å². The molecule has 3 aromatic carbocycles. The first-order valence-corrected chi connectivity index (χ1v) is 11.7. The number of nitrogens with one attached hydrogen (secondary N) is 1. The quantitative estimate of drug-likeness (QED) is 0.458. The first-order chi connectivity index (χ1) is 16.3. The van der Waals surface area contributed by atoms with Crippen LogP contribution in [0.1, 0.15) is 36.1 Å². The first kappa shape index (κ1) is 25.2. The molecule has 5 heteroatoms. The second-order valence-corrected chi connectivity index (χ2v) is 9.16. The Morgan fingerprint density at radius 1 is 0.882 bits per heavy atom. The van der Waals surface area contributed by atoms with Crippen LogP contribution in [0.25, 0.3) is 0 Å². The summed E-state index contributed by atoms with van der Waals surface area (Å²) in [5.74, 6) is -0.375. The van der Waals surface area contributed by atoms with Gasteiger partial charge < -0.3 is 10.2 Å². The van der Waals surface area contributed by atoms with Crippen molar-refractivity contribution in [3.05, 3.63) is 107 Å². The van der Waals surface area contributed by atoms with Crippen molar-refractivity contribution in [1.29, 1.82) is 0 Å². The highest BCUT2D eigenvalue weighted by molar-refractivity contribution is 5.88. The summed E-state index contributed by atoms with van der Waals surface area (Å²) >= 11 is 0. The van der Waals surface area contributed by atoms with Crippen LogP contribution in [0.5, 0.6) is 0 Å². The molecule has 0 aliphatic rings. The summed E-state index contributed by atoms with van der Waals surface area (Å²) in [7, 11) is 0. The smallest absolute Gasteiger partial charge is 0.243 e. The second-order valence-electron chi connectivity index (χ2n) is 9.16. The molecule has 178 valence electrons. The van der Waals surface area contributed by atoms with E-state index in [1.165, 1.54) is 12.1 Å². The highest BCUT2D eigenvalue weighted by Crippen LogP contribution is 2.17. The maximum atomic E-state index is 13.6. The molecule has 1 N–H and O–H groups in total. The standard InChI is InChI=1S/C29H33FN2O2/c1-21(2)19-31-29(34)27(17-23-9-5-4-6-10-23)32(20-24-12-14-26(30)15-13-24)28(33)18-25-11-7-8-22(3)16-25/h4-16,21,27H,17-20H2,1-3H3,(H,31,34)/t27-/m0/s1. The minimum atomic E-state index is -0.691. The molecule has 0 spiro atoms. The van der Waals surface area contributed by atoms with Crippen molar-refractivity contribution in [2.45, 2.75) is 46.2 Å². The van der Waals surface area contributed by atoms with Crippen molar-refractivity contribution >= 4 is 11.8 Å². The fourth-order valence-electron chi connectivity index (χ4n) is 3.86. The Labute approximate surface area is 201 Å². The largest absolute Gasteiger partial charge is 0.354 e. The van der Waals surface area contributed by atoms with Gasteiger partial charge in [0.25, 0.3) is 0 Å². The second kappa shape index (κ2) is 12.1. The molecule has 34 heavy (non-hydrogen) atoms. The lowest BCUT2D eigenvalue weighted by Gasteiger charge is -2.32. The summed E-state index contributed by atoms with van der Waals surface area (Å²) in [6.45, 7) is 6.80. The Balaban J connectivity index is 1.94. The summed E-state index contributed by atoms with van der Waals surface area (Å²) in [4.78, 5) is 28.7. The molecule has 3 rings (SSSR count). The molecular weight excluding hydrogens is 427 g/mol. The summed E-state index contributed by atoms with van der Waals surface area (Å²) in [6.07, 6.45) is 0.581. The van der Waals surface area contributed by atoms with Crippen molar-refractivity contribution in [3.63, 3.8) is 0 Å². The first-order valence-electron chi connectivity index (χ1n) is 11.7. The van der Waals surface area contributed by atoms with Crippen molar-refractivity contribution in [2.75, 3.05) is 6.54 Å². The molecule has 0 bridgehead atoms. The average molecular weight is 461 g/mol. The van der Waals surface area contributed by atoms with Crippen LogP contribution in [-0.4, -0.2) is 29.3 Å². The fourth-order valence-corrected chi connectivity index (χ4v) is 3.86. The van der Waals surface area contributed by atoms with Gasteiger partial charge in [-0.15, -0.1) is 0 Å². The molecule has 0 fully saturated rings. The lowest BCUT2D eigenvalue weighted by Crippen LogP contribution is -2.51. The van der Waals surface area contributed by atoms with Gasteiger partial charge in [0.05, 0.1) is 6.42 Å². The highest BCUT2D eigenvalue weighted by atomic mass is 19.1. The van der Waals surface area contributed by atoms with Gasteiger partial charge in [-0.25, -0.2) is 4.39 Å². The van der Waals surface area contributed by atoms with Crippen LogP contribution in [0.4, 0.5) is 4.39 Å². The predicted octanol–water partition coefficient (Wildman–Crippen LogP) is 5.09. The van der Waals surface area contributed by atoms with Crippen molar-refractivity contribution in [2.24, 2.45) is 5.92 Å². The van der Waals surface area contributed by atoms with Crippen molar-refractivity contribution < 1.29 is 14.0 Å². The number of nitrogens with zero attached hydrogens (tertiary/aromatic N) is 1. The van der Waals surface area contributed by atoms with Gasteiger partial charge in [-0.3, -0.25) is 9.59 Å². The van der Waals surface area contributed by atoms with Crippen LogP contribution >= 0.6 is 0 Å². The Bertz CT molecular complexity index is 1080. The topological polar surface area (TPSA) is 49.4 Å². The lowest BCUT2D eigenvalue weighted by atomic mass is 10.0. The van der Waals surface area contributed by atoms with E-state index in [1.807, 2.05) is 75.4 Å². The fraction of sp³-hybridized carbons (Fsp3) is 0.310. The molecule has 4 nitrogen and oxygen atoms in total. The number of benzene rings is 3. The van der Waals surface area contributed by atoms with Gasteiger partial charge in [-0.1, -0.05) is 86.1 Å². The summed E-state index contributed by atoms with van der Waals surface area (Å²) in [5, 5.41) is 3.01. The summed E-state index contributed by atoms with van der Waals surface area (Å²) in [6, 6.07) is 22.9. The third-order valence-electron chi connectivity index (χ3n) is 5.66. The number of halogens is 1. The number of carbonyl (C=O) groups is 2.